The van der Waals surface area contributed by atoms with Gasteiger partial charge in [-0.05, 0) is 37.1 Å². The molecule has 1 heterocycles. The second-order valence-electron chi connectivity index (χ2n) is 4.92. The van der Waals surface area contributed by atoms with Gasteiger partial charge in [0.2, 0.25) is 0 Å². The lowest BCUT2D eigenvalue weighted by molar-refractivity contribution is 0.0984. The molecule has 0 radical (unpaired) electrons. The lowest BCUT2D eigenvalue weighted by Gasteiger charge is -2.18. The van der Waals surface area contributed by atoms with E-state index in [0.717, 1.165) is 12.8 Å². The van der Waals surface area contributed by atoms with Crippen molar-refractivity contribution in [3.8, 4) is 5.75 Å². The van der Waals surface area contributed by atoms with Crippen molar-refractivity contribution in [1.82, 2.24) is 4.57 Å². The molecular weight excluding hydrogens is 240 g/mol. The van der Waals surface area contributed by atoms with Crippen LogP contribution in [0.1, 0.15) is 29.4 Å². The van der Waals surface area contributed by atoms with Gasteiger partial charge in [-0.25, -0.2) is 0 Å². The van der Waals surface area contributed by atoms with Crippen molar-refractivity contribution in [2.45, 2.75) is 18.9 Å². The predicted molar refractivity (Wildman–Crippen MR) is 73.5 cm³/mol. The Kier molecular flexibility index (Phi) is 2.78. The highest BCUT2D eigenvalue weighted by Gasteiger charge is 2.28. The lowest BCUT2D eigenvalue weighted by atomic mass is 10.2. The Morgan fingerprint density at radius 3 is 2.79 bits per heavy atom. The molecule has 1 aliphatic carbocycles. The molecule has 3 rings (SSSR count). The van der Waals surface area contributed by atoms with Gasteiger partial charge >= 0.3 is 0 Å². The number of benzene rings is 1. The first-order valence-corrected chi connectivity index (χ1v) is 6.41. The van der Waals surface area contributed by atoms with Crippen LogP contribution in [0.25, 0.3) is 0 Å². The molecule has 4 heteroatoms. The molecule has 1 fully saturated rings. The van der Waals surface area contributed by atoms with Crippen molar-refractivity contribution >= 4 is 11.6 Å². The van der Waals surface area contributed by atoms with Gasteiger partial charge in [0, 0.05) is 31.0 Å². The van der Waals surface area contributed by atoms with Crippen molar-refractivity contribution < 1.29 is 9.90 Å². The van der Waals surface area contributed by atoms with Crippen LogP contribution in [0.3, 0.4) is 0 Å². The number of carbonyl (C=O) groups excluding carboxylic acids is 1. The Morgan fingerprint density at radius 1 is 1.32 bits per heavy atom. The van der Waals surface area contributed by atoms with E-state index < -0.39 is 0 Å². The molecule has 0 saturated heterocycles. The van der Waals surface area contributed by atoms with Crippen LogP contribution in [0, 0.1) is 0 Å². The fourth-order valence-electron chi connectivity index (χ4n) is 2.24. The number of aromatic nitrogens is 1. The van der Waals surface area contributed by atoms with Crippen LogP contribution >= 0.6 is 0 Å². The summed E-state index contributed by atoms with van der Waals surface area (Å²) in [7, 11) is 1.72. The van der Waals surface area contributed by atoms with E-state index in [0.29, 0.717) is 17.4 Å². The minimum absolute atomic E-state index is 0.0532. The SMILES string of the molecule is CN(C(=O)c1cccn1C1CC1)c1cccc(O)c1. The standard InChI is InChI=1S/C15H16N2O2/c1-16(12-4-2-5-13(18)10-12)15(19)14-6-3-9-17(14)11-7-8-11/h2-6,9-11,18H,7-8H2,1H3. The molecular formula is C15H16N2O2. The Bertz CT molecular complexity index is 614. The van der Waals surface area contributed by atoms with Crippen molar-refractivity contribution in [1.29, 1.82) is 0 Å². The minimum atomic E-state index is -0.0532. The number of rotatable bonds is 3. The number of phenolic OH excluding ortho intramolecular Hbond substituents is 1. The Hall–Kier alpha value is -2.23. The number of carbonyl (C=O) groups is 1. The lowest BCUT2D eigenvalue weighted by Crippen LogP contribution is -2.28. The van der Waals surface area contributed by atoms with Gasteiger partial charge in [-0.1, -0.05) is 6.07 Å². The fourth-order valence-corrected chi connectivity index (χ4v) is 2.24. The highest BCUT2D eigenvalue weighted by Crippen LogP contribution is 2.36. The first-order valence-electron chi connectivity index (χ1n) is 6.41. The molecule has 1 amide bonds. The maximum Gasteiger partial charge on any atom is 0.274 e. The predicted octanol–water partition coefficient (Wildman–Crippen LogP) is 2.81. The van der Waals surface area contributed by atoms with Crippen LogP contribution in [-0.4, -0.2) is 22.6 Å². The zero-order chi connectivity index (χ0) is 13.4. The molecule has 2 aromatic rings. The van der Waals surface area contributed by atoms with Crippen molar-refractivity contribution in [2.24, 2.45) is 0 Å². The highest BCUT2D eigenvalue weighted by atomic mass is 16.3. The molecule has 1 aromatic carbocycles. The molecule has 0 aliphatic heterocycles. The van der Waals surface area contributed by atoms with Crippen LogP contribution in [0.5, 0.6) is 5.75 Å². The molecule has 0 spiro atoms. The third-order valence-electron chi connectivity index (χ3n) is 3.46. The van der Waals surface area contributed by atoms with Crippen LogP contribution in [0.4, 0.5) is 5.69 Å². The van der Waals surface area contributed by atoms with E-state index in [-0.39, 0.29) is 11.7 Å². The van der Waals surface area contributed by atoms with Gasteiger partial charge in [-0.2, -0.15) is 0 Å². The largest absolute Gasteiger partial charge is 0.508 e. The Balaban J connectivity index is 1.88. The van der Waals surface area contributed by atoms with E-state index in [1.807, 2.05) is 29.0 Å². The monoisotopic (exact) mass is 256 g/mol. The number of anilines is 1. The van der Waals surface area contributed by atoms with E-state index in [4.69, 9.17) is 0 Å². The zero-order valence-electron chi connectivity index (χ0n) is 10.8. The number of amides is 1. The molecule has 19 heavy (non-hydrogen) atoms. The number of hydrogen-bond donors (Lipinski definition) is 1. The second-order valence-corrected chi connectivity index (χ2v) is 4.92. The third kappa shape index (κ3) is 2.21. The Labute approximate surface area is 111 Å². The molecule has 4 nitrogen and oxygen atoms in total. The van der Waals surface area contributed by atoms with E-state index in [2.05, 4.69) is 0 Å². The smallest absolute Gasteiger partial charge is 0.274 e. The fraction of sp³-hybridized carbons (Fsp3) is 0.267. The second kappa shape index (κ2) is 4.46. The van der Waals surface area contributed by atoms with Crippen LogP contribution in [-0.2, 0) is 0 Å². The number of aromatic hydroxyl groups is 1. The van der Waals surface area contributed by atoms with Crippen LogP contribution < -0.4 is 4.90 Å². The maximum atomic E-state index is 12.5. The quantitative estimate of drug-likeness (QED) is 0.917. The van der Waals surface area contributed by atoms with E-state index >= 15 is 0 Å². The molecule has 1 aliphatic rings. The molecule has 0 bridgehead atoms. The summed E-state index contributed by atoms with van der Waals surface area (Å²) >= 11 is 0. The first kappa shape index (κ1) is 11.8. The topological polar surface area (TPSA) is 45.5 Å². The summed E-state index contributed by atoms with van der Waals surface area (Å²) < 4.78 is 2.04. The third-order valence-corrected chi connectivity index (χ3v) is 3.46. The van der Waals surface area contributed by atoms with Crippen molar-refractivity contribution in [3.05, 3.63) is 48.3 Å². The summed E-state index contributed by atoms with van der Waals surface area (Å²) in [5, 5.41) is 9.48. The van der Waals surface area contributed by atoms with Crippen LogP contribution in [0.15, 0.2) is 42.6 Å². The molecule has 0 atom stereocenters. The van der Waals surface area contributed by atoms with Gasteiger partial charge in [-0.3, -0.25) is 4.79 Å². The number of hydrogen-bond acceptors (Lipinski definition) is 2. The van der Waals surface area contributed by atoms with Crippen LogP contribution in [0.2, 0.25) is 0 Å². The maximum absolute atomic E-state index is 12.5. The van der Waals surface area contributed by atoms with Gasteiger partial charge in [0.05, 0.1) is 0 Å². The summed E-state index contributed by atoms with van der Waals surface area (Å²) in [6, 6.07) is 10.9. The molecule has 1 saturated carbocycles. The van der Waals surface area contributed by atoms with E-state index in [1.54, 1.807) is 30.1 Å². The molecule has 0 unspecified atom stereocenters. The zero-order valence-corrected chi connectivity index (χ0v) is 10.8. The number of phenols is 1. The van der Waals surface area contributed by atoms with Gasteiger partial charge in [-0.15, -0.1) is 0 Å². The molecule has 1 aromatic heterocycles. The number of nitrogens with zero attached hydrogens (tertiary/aromatic N) is 2. The highest BCUT2D eigenvalue weighted by molar-refractivity contribution is 6.04. The Morgan fingerprint density at radius 2 is 2.11 bits per heavy atom. The van der Waals surface area contributed by atoms with Gasteiger partial charge in [0.15, 0.2) is 0 Å². The summed E-state index contributed by atoms with van der Waals surface area (Å²) in [5.41, 5.74) is 1.39. The van der Waals surface area contributed by atoms with Crippen molar-refractivity contribution in [2.75, 3.05) is 11.9 Å². The molecule has 98 valence electrons. The average molecular weight is 256 g/mol. The normalized spacial score (nSPS) is 14.4. The van der Waals surface area contributed by atoms with Gasteiger partial charge in [0.1, 0.15) is 11.4 Å². The van der Waals surface area contributed by atoms with Gasteiger partial charge < -0.3 is 14.6 Å². The van der Waals surface area contributed by atoms with Crippen molar-refractivity contribution in [3.63, 3.8) is 0 Å². The van der Waals surface area contributed by atoms with E-state index in [1.165, 1.54) is 0 Å². The summed E-state index contributed by atoms with van der Waals surface area (Å²) in [4.78, 5) is 14.1. The molecule has 1 N–H and O–H groups in total. The average Bonchev–Trinajstić information content (AvgIpc) is 3.14. The summed E-state index contributed by atoms with van der Waals surface area (Å²) in [6.07, 6.45) is 4.25. The van der Waals surface area contributed by atoms with Gasteiger partial charge in [0.25, 0.3) is 5.91 Å². The summed E-state index contributed by atoms with van der Waals surface area (Å²) in [5.74, 6) is 0.109. The summed E-state index contributed by atoms with van der Waals surface area (Å²) in [6.45, 7) is 0. The first-order chi connectivity index (χ1) is 9.16. The van der Waals surface area contributed by atoms with E-state index in [9.17, 15) is 9.90 Å². The minimum Gasteiger partial charge on any atom is -0.508 e.